The number of aromatic nitrogens is 2. The van der Waals surface area contributed by atoms with Crippen LogP contribution in [0.4, 0.5) is 0 Å². The molecule has 1 aromatic heterocycles. The highest BCUT2D eigenvalue weighted by molar-refractivity contribution is 5.86. The molecule has 0 aliphatic rings. The van der Waals surface area contributed by atoms with Crippen molar-refractivity contribution in [3.8, 4) is 11.5 Å². The van der Waals surface area contributed by atoms with Crippen LogP contribution < -0.4 is 14.9 Å². The standard InChI is InChI=1S/C18H18N4O3/c1-24-16-9-5-6-13(18(16)25-2)10-20-21-17(23)11-22-12-19-14-7-3-4-8-15(14)22/h3-10,12H,11H2,1-2H3,(H,21,23)/b20-10-. The molecule has 1 amide bonds. The fourth-order valence-corrected chi connectivity index (χ4v) is 2.51. The number of hydrogen-bond acceptors (Lipinski definition) is 5. The quantitative estimate of drug-likeness (QED) is 0.552. The van der Waals surface area contributed by atoms with E-state index in [4.69, 9.17) is 9.47 Å². The van der Waals surface area contributed by atoms with Gasteiger partial charge in [-0.15, -0.1) is 0 Å². The van der Waals surface area contributed by atoms with Crippen molar-refractivity contribution in [2.45, 2.75) is 6.54 Å². The summed E-state index contributed by atoms with van der Waals surface area (Å²) in [4.78, 5) is 16.3. The lowest BCUT2D eigenvalue weighted by Gasteiger charge is -2.09. The molecule has 7 nitrogen and oxygen atoms in total. The molecule has 1 heterocycles. The number of nitrogens with one attached hydrogen (secondary N) is 1. The van der Waals surface area contributed by atoms with E-state index in [0.717, 1.165) is 11.0 Å². The number of methoxy groups -OCH3 is 2. The number of benzene rings is 2. The van der Waals surface area contributed by atoms with Crippen LogP contribution in [0.15, 0.2) is 53.9 Å². The van der Waals surface area contributed by atoms with Crippen LogP contribution in [0.1, 0.15) is 5.56 Å². The molecule has 0 atom stereocenters. The zero-order valence-corrected chi connectivity index (χ0v) is 14.0. The third-order valence-electron chi connectivity index (χ3n) is 3.67. The molecule has 0 aliphatic heterocycles. The maximum atomic E-state index is 12.1. The van der Waals surface area contributed by atoms with Crippen LogP contribution in [-0.4, -0.2) is 35.9 Å². The van der Waals surface area contributed by atoms with Crippen molar-refractivity contribution in [1.82, 2.24) is 15.0 Å². The first-order chi connectivity index (χ1) is 12.2. The van der Waals surface area contributed by atoms with E-state index in [0.29, 0.717) is 17.1 Å². The Morgan fingerprint density at radius 2 is 2.04 bits per heavy atom. The molecular weight excluding hydrogens is 320 g/mol. The molecule has 0 radical (unpaired) electrons. The van der Waals surface area contributed by atoms with Gasteiger partial charge in [0.15, 0.2) is 11.5 Å². The number of para-hydroxylation sites is 3. The van der Waals surface area contributed by atoms with E-state index in [2.05, 4.69) is 15.5 Å². The summed E-state index contributed by atoms with van der Waals surface area (Å²) >= 11 is 0. The highest BCUT2D eigenvalue weighted by Crippen LogP contribution is 2.29. The topological polar surface area (TPSA) is 77.7 Å². The van der Waals surface area contributed by atoms with Crippen LogP contribution in [-0.2, 0) is 11.3 Å². The van der Waals surface area contributed by atoms with E-state index < -0.39 is 0 Å². The molecule has 0 aliphatic carbocycles. The van der Waals surface area contributed by atoms with Crippen LogP contribution in [0.5, 0.6) is 11.5 Å². The first kappa shape index (κ1) is 16.5. The number of amides is 1. The number of carbonyl (C=O) groups excluding carboxylic acids is 1. The van der Waals surface area contributed by atoms with Crippen molar-refractivity contribution in [2.75, 3.05) is 14.2 Å². The smallest absolute Gasteiger partial charge is 0.260 e. The SMILES string of the molecule is COc1cccc(/C=N\NC(=O)Cn2cnc3ccccc32)c1OC. The van der Waals surface area contributed by atoms with Gasteiger partial charge in [0.1, 0.15) is 6.54 Å². The van der Waals surface area contributed by atoms with E-state index in [1.807, 2.05) is 36.4 Å². The van der Waals surface area contributed by atoms with E-state index >= 15 is 0 Å². The molecule has 2 aromatic carbocycles. The number of ether oxygens (including phenoxy) is 2. The lowest BCUT2D eigenvalue weighted by molar-refractivity contribution is -0.121. The van der Waals surface area contributed by atoms with Gasteiger partial charge in [-0.25, -0.2) is 10.4 Å². The van der Waals surface area contributed by atoms with Crippen molar-refractivity contribution in [2.24, 2.45) is 5.10 Å². The number of nitrogens with zero attached hydrogens (tertiary/aromatic N) is 3. The number of imidazole rings is 1. The van der Waals surface area contributed by atoms with Crippen LogP contribution in [0, 0.1) is 0 Å². The summed E-state index contributed by atoms with van der Waals surface area (Å²) in [6.07, 6.45) is 3.16. The predicted molar refractivity (Wildman–Crippen MR) is 95.0 cm³/mol. The Morgan fingerprint density at radius 3 is 2.84 bits per heavy atom. The molecule has 0 spiro atoms. The summed E-state index contributed by atoms with van der Waals surface area (Å²) in [6, 6.07) is 13.1. The Hall–Kier alpha value is -3.35. The molecule has 3 rings (SSSR count). The van der Waals surface area contributed by atoms with Gasteiger partial charge >= 0.3 is 0 Å². The third kappa shape index (κ3) is 3.60. The number of carbonyl (C=O) groups is 1. The minimum Gasteiger partial charge on any atom is -0.493 e. The Balaban J connectivity index is 1.67. The Kier molecular flexibility index (Phi) is 4.94. The van der Waals surface area contributed by atoms with Gasteiger partial charge in [0.25, 0.3) is 5.91 Å². The fourth-order valence-electron chi connectivity index (χ4n) is 2.51. The molecule has 128 valence electrons. The van der Waals surface area contributed by atoms with Gasteiger partial charge in [0, 0.05) is 5.56 Å². The number of rotatable bonds is 6. The second kappa shape index (κ2) is 7.48. The minimum absolute atomic E-state index is 0.132. The normalized spacial score (nSPS) is 11.0. The molecule has 1 N–H and O–H groups in total. The molecule has 0 saturated carbocycles. The second-order valence-corrected chi connectivity index (χ2v) is 5.24. The number of fused-ring (bicyclic) bond motifs is 1. The largest absolute Gasteiger partial charge is 0.493 e. The van der Waals surface area contributed by atoms with Crippen LogP contribution in [0.25, 0.3) is 11.0 Å². The van der Waals surface area contributed by atoms with E-state index in [1.165, 1.54) is 6.21 Å². The average molecular weight is 338 g/mol. The summed E-state index contributed by atoms with van der Waals surface area (Å²) < 4.78 is 12.3. The van der Waals surface area contributed by atoms with Gasteiger partial charge in [-0.1, -0.05) is 18.2 Å². The van der Waals surface area contributed by atoms with E-state index in [-0.39, 0.29) is 12.5 Å². The Morgan fingerprint density at radius 1 is 1.20 bits per heavy atom. The maximum absolute atomic E-state index is 12.1. The molecule has 0 saturated heterocycles. The fraction of sp³-hybridized carbons (Fsp3) is 0.167. The van der Waals surface area contributed by atoms with E-state index in [9.17, 15) is 4.79 Å². The Labute approximate surface area is 144 Å². The first-order valence-corrected chi connectivity index (χ1v) is 7.65. The van der Waals surface area contributed by atoms with Crippen LogP contribution in [0.3, 0.4) is 0 Å². The monoisotopic (exact) mass is 338 g/mol. The number of hydrazone groups is 1. The third-order valence-corrected chi connectivity index (χ3v) is 3.67. The van der Waals surface area contributed by atoms with Crippen molar-refractivity contribution in [3.05, 3.63) is 54.4 Å². The summed E-state index contributed by atoms with van der Waals surface area (Å²) in [6.45, 7) is 0.132. The minimum atomic E-state index is -0.249. The van der Waals surface area contributed by atoms with Gasteiger partial charge in [0.05, 0.1) is 37.8 Å². The Bertz CT molecular complexity index is 918. The molecule has 0 unspecified atom stereocenters. The maximum Gasteiger partial charge on any atom is 0.260 e. The van der Waals surface area contributed by atoms with Gasteiger partial charge in [-0.2, -0.15) is 5.10 Å². The zero-order chi connectivity index (χ0) is 17.6. The van der Waals surface area contributed by atoms with Crippen molar-refractivity contribution >= 4 is 23.2 Å². The van der Waals surface area contributed by atoms with Gasteiger partial charge in [0.2, 0.25) is 0 Å². The molecule has 0 fully saturated rings. The average Bonchev–Trinajstić information content (AvgIpc) is 3.04. The lowest BCUT2D eigenvalue weighted by Crippen LogP contribution is -2.22. The highest BCUT2D eigenvalue weighted by atomic mass is 16.5. The summed E-state index contributed by atoms with van der Waals surface area (Å²) in [5, 5.41) is 3.99. The summed E-state index contributed by atoms with van der Waals surface area (Å²) in [5.41, 5.74) is 4.96. The predicted octanol–water partition coefficient (Wildman–Crippen LogP) is 2.20. The number of hydrogen-bond donors (Lipinski definition) is 1. The zero-order valence-electron chi connectivity index (χ0n) is 14.0. The highest BCUT2D eigenvalue weighted by Gasteiger charge is 2.08. The lowest BCUT2D eigenvalue weighted by atomic mass is 10.2. The van der Waals surface area contributed by atoms with Gasteiger partial charge in [-0.05, 0) is 24.3 Å². The van der Waals surface area contributed by atoms with Crippen molar-refractivity contribution in [3.63, 3.8) is 0 Å². The molecule has 25 heavy (non-hydrogen) atoms. The first-order valence-electron chi connectivity index (χ1n) is 7.65. The molecule has 3 aromatic rings. The summed E-state index contributed by atoms with van der Waals surface area (Å²) in [5.74, 6) is 0.910. The molecular formula is C18H18N4O3. The van der Waals surface area contributed by atoms with Crippen molar-refractivity contribution < 1.29 is 14.3 Å². The summed E-state index contributed by atoms with van der Waals surface area (Å²) in [7, 11) is 3.12. The molecule has 7 heteroatoms. The second-order valence-electron chi connectivity index (χ2n) is 5.24. The van der Waals surface area contributed by atoms with Gasteiger partial charge < -0.3 is 14.0 Å². The van der Waals surface area contributed by atoms with Crippen molar-refractivity contribution in [1.29, 1.82) is 0 Å². The van der Waals surface area contributed by atoms with Gasteiger partial charge in [-0.3, -0.25) is 4.79 Å². The van der Waals surface area contributed by atoms with Crippen LogP contribution in [0.2, 0.25) is 0 Å². The van der Waals surface area contributed by atoms with E-state index in [1.54, 1.807) is 31.2 Å². The molecule has 0 bridgehead atoms. The van der Waals surface area contributed by atoms with Crippen LogP contribution >= 0.6 is 0 Å².